The molecule has 8 heavy (non-hydrogen) atoms. The average molecular weight is 130 g/mol. The molecule has 0 bridgehead atoms. The number of hydrogen-bond acceptors (Lipinski definition) is 6. The van der Waals surface area contributed by atoms with Crippen LogP contribution in [0.1, 0.15) is 0 Å². The van der Waals surface area contributed by atoms with Crippen molar-refractivity contribution in [3.63, 3.8) is 0 Å². The van der Waals surface area contributed by atoms with E-state index in [0.717, 1.165) is 0 Å². The summed E-state index contributed by atoms with van der Waals surface area (Å²) >= 11 is 0. The van der Waals surface area contributed by atoms with Gasteiger partial charge in [-0.15, -0.1) is 0 Å². The molecule has 6 heteroatoms. The fourth-order valence-electron chi connectivity index (χ4n) is 0. The van der Waals surface area contributed by atoms with Gasteiger partial charge in [0.15, 0.2) is 0 Å². The molecule has 6 N–H and O–H groups in total. The zero-order valence-electron chi connectivity index (χ0n) is 4.10. The maximum absolute atomic E-state index is 7.62. The molecule has 0 aliphatic rings. The summed E-state index contributed by atoms with van der Waals surface area (Å²) in [6.07, 6.45) is 0. The molecule has 0 fully saturated rings. The van der Waals surface area contributed by atoms with E-state index in [0.29, 0.717) is 0 Å². The third-order valence-electron chi connectivity index (χ3n) is 0.1000. The largest absolute Gasteiger partial charge is 0.394 e. The highest BCUT2D eigenvalue weighted by molar-refractivity contribution is 4.06. The van der Waals surface area contributed by atoms with E-state index < -0.39 is 0 Å². The fraction of sp³-hybridized carbons (Fsp3) is 1.00. The van der Waals surface area contributed by atoms with Gasteiger partial charge in [0.2, 0.25) is 0 Å². The Labute approximate surface area is 45.7 Å². The molecule has 0 saturated carbocycles. The maximum Gasteiger partial charge on any atom is 0.0662 e. The summed E-state index contributed by atoms with van der Waals surface area (Å²) < 4.78 is 0. The van der Waals surface area contributed by atoms with Crippen LogP contribution in [0.5, 0.6) is 0 Å². The van der Waals surface area contributed by atoms with Crippen LogP contribution in [0.3, 0.4) is 0 Å². The Hall–Kier alpha value is -0.240. The van der Waals surface area contributed by atoms with Gasteiger partial charge in [-0.2, -0.15) is 0 Å². The minimum absolute atomic E-state index is 0.125. The third-order valence-corrected chi connectivity index (χ3v) is 0.1000. The van der Waals surface area contributed by atoms with E-state index in [-0.39, 0.29) is 13.2 Å². The topological polar surface area (TPSA) is 121 Å². The summed E-state index contributed by atoms with van der Waals surface area (Å²) in [5, 5.41) is 39.2. The summed E-state index contributed by atoms with van der Waals surface area (Å²) in [4.78, 5) is 0. The van der Waals surface area contributed by atoms with Crippen LogP contribution in [-0.4, -0.2) is 44.5 Å². The van der Waals surface area contributed by atoms with Gasteiger partial charge in [-0.3, -0.25) is 21.0 Å². The Bertz CT molecular complexity index is 8.49. The van der Waals surface area contributed by atoms with Crippen LogP contribution in [0, 0.1) is 0 Å². The van der Waals surface area contributed by atoms with Gasteiger partial charge in [0, 0.05) is 0 Å². The van der Waals surface area contributed by atoms with Crippen molar-refractivity contribution in [1.29, 1.82) is 0 Å². The highest BCUT2D eigenvalue weighted by Crippen LogP contribution is 1.39. The normalized spacial score (nSPS) is 5.25. The standard InChI is InChI=1S/C2H6O2.2H2O2/c3-1-2-4;2*1-2/h3-4H,1-2H2;2*1-2H. The lowest BCUT2D eigenvalue weighted by molar-refractivity contribution is -0.176. The van der Waals surface area contributed by atoms with Crippen molar-refractivity contribution in [3.8, 4) is 0 Å². The van der Waals surface area contributed by atoms with E-state index in [1.807, 2.05) is 0 Å². The van der Waals surface area contributed by atoms with Crippen molar-refractivity contribution in [2.45, 2.75) is 0 Å². The van der Waals surface area contributed by atoms with Crippen molar-refractivity contribution in [3.05, 3.63) is 0 Å². The quantitative estimate of drug-likeness (QED) is 0.200. The number of rotatable bonds is 1. The first kappa shape index (κ1) is 15.7. The minimum Gasteiger partial charge on any atom is -0.394 e. The monoisotopic (exact) mass is 130 g/mol. The van der Waals surface area contributed by atoms with Crippen molar-refractivity contribution < 1.29 is 31.2 Å². The molecule has 0 rings (SSSR count). The predicted octanol–water partition coefficient (Wildman–Crippen LogP) is -0.994. The van der Waals surface area contributed by atoms with Crippen LogP contribution in [0.2, 0.25) is 0 Å². The molecule has 0 aromatic carbocycles. The van der Waals surface area contributed by atoms with E-state index in [9.17, 15) is 0 Å². The van der Waals surface area contributed by atoms with Gasteiger partial charge < -0.3 is 10.2 Å². The van der Waals surface area contributed by atoms with Gasteiger partial charge in [0.25, 0.3) is 0 Å². The molecule has 0 unspecified atom stereocenters. The molecule has 0 amide bonds. The fourth-order valence-corrected chi connectivity index (χ4v) is 0. The second kappa shape index (κ2) is 72.4. The zero-order valence-corrected chi connectivity index (χ0v) is 4.10. The van der Waals surface area contributed by atoms with Crippen LogP contribution >= 0.6 is 0 Å². The first-order chi connectivity index (χ1) is 3.91. The van der Waals surface area contributed by atoms with E-state index in [1.165, 1.54) is 0 Å². The van der Waals surface area contributed by atoms with Gasteiger partial charge >= 0.3 is 0 Å². The summed E-state index contributed by atoms with van der Waals surface area (Å²) in [7, 11) is 0. The van der Waals surface area contributed by atoms with Crippen molar-refractivity contribution in [1.82, 2.24) is 0 Å². The Balaban J connectivity index is -0.0000000542. The molecule has 0 radical (unpaired) electrons. The summed E-state index contributed by atoms with van der Waals surface area (Å²) in [6.45, 7) is -0.250. The molecular weight excluding hydrogens is 120 g/mol. The van der Waals surface area contributed by atoms with Crippen molar-refractivity contribution in [2.75, 3.05) is 13.2 Å². The molecule has 0 aliphatic carbocycles. The summed E-state index contributed by atoms with van der Waals surface area (Å²) in [5.41, 5.74) is 0. The molecule has 0 spiro atoms. The van der Waals surface area contributed by atoms with Gasteiger partial charge in [-0.1, -0.05) is 0 Å². The van der Waals surface area contributed by atoms with E-state index in [2.05, 4.69) is 0 Å². The molecule has 0 aliphatic heterocycles. The lowest BCUT2D eigenvalue weighted by atomic mass is 10.8. The highest BCUT2D eigenvalue weighted by Gasteiger charge is 1.58. The van der Waals surface area contributed by atoms with Crippen molar-refractivity contribution in [2.24, 2.45) is 0 Å². The summed E-state index contributed by atoms with van der Waals surface area (Å²) in [5.74, 6) is 0. The van der Waals surface area contributed by atoms with Crippen LogP contribution in [0.25, 0.3) is 0 Å². The zero-order chi connectivity index (χ0) is 7.41. The molecule has 0 aromatic heterocycles. The SMILES string of the molecule is OCCO.OO.OO. The Morgan fingerprint density at radius 2 is 0.750 bits per heavy atom. The van der Waals surface area contributed by atoms with E-state index in [1.54, 1.807) is 0 Å². The van der Waals surface area contributed by atoms with Gasteiger partial charge in [-0.05, 0) is 0 Å². The van der Waals surface area contributed by atoms with Crippen molar-refractivity contribution >= 4 is 0 Å². The van der Waals surface area contributed by atoms with Crippen LogP contribution in [-0.2, 0) is 0 Å². The summed E-state index contributed by atoms with van der Waals surface area (Å²) in [6, 6.07) is 0. The number of aliphatic hydroxyl groups is 2. The Kier molecular flexibility index (Phi) is 142. The van der Waals surface area contributed by atoms with Gasteiger partial charge in [-0.25, -0.2) is 0 Å². The van der Waals surface area contributed by atoms with Crippen LogP contribution in [0.15, 0.2) is 0 Å². The molecule has 54 valence electrons. The molecular formula is C2H10O6. The average Bonchev–Trinajstić information content (AvgIpc) is 1.96. The maximum atomic E-state index is 7.62. The molecule has 6 nitrogen and oxygen atoms in total. The van der Waals surface area contributed by atoms with Gasteiger partial charge in [0.05, 0.1) is 13.2 Å². The third kappa shape index (κ3) is 226. The Morgan fingerprint density at radius 1 is 0.625 bits per heavy atom. The molecule has 0 saturated heterocycles. The number of aliphatic hydroxyl groups excluding tert-OH is 2. The second-order valence-electron chi connectivity index (χ2n) is 0.447. The smallest absolute Gasteiger partial charge is 0.0662 e. The van der Waals surface area contributed by atoms with E-state index >= 15 is 0 Å². The number of hydrogen-bond donors (Lipinski definition) is 6. The molecule has 0 aromatic rings. The van der Waals surface area contributed by atoms with Crippen LogP contribution < -0.4 is 0 Å². The van der Waals surface area contributed by atoms with Crippen LogP contribution in [0.4, 0.5) is 0 Å². The highest BCUT2D eigenvalue weighted by atomic mass is 17.0. The molecule has 0 atom stereocenters. The Morgan fingerprint density at radius 3 is 0.750 bits per heavy atom. The molecule has 0 heterocycles. The first-order valence-electron chi connectivity index (χ1n) is 1.53. The predicted molar refractivity (Wildman–Crippen MR) is 24.7 cm³/mol. The lowest BCUT2D eigenvalue weighted by Gasteiger charge is -1.70. The van der Waals surface area contributed by atoms with Gasteiger partial charge in [0.1, 0.15) is 0 Å². The second-order valence-corrected chi connectivity index (χ2v) is 0.447. The first-order valence-corrected chi connectivity index (χ1v) is 1.53. The van der Waals surface area contributed by atoms with E-state index in [4.69, 9.17) is 31.2 Å². The minimum atomic E-state index is -0.125. The lowest BCUT2D eigenvalue weighted by Crippen LogP contribution is -1.85.